The molecule has 2 atom stereocenters. The minimum atomic E-state index is -1.20. The van der Waals surface area contributed by atoms with Gasteiger partial charge in [0.15, 0.2) is 5.78 Å². The van der Waals surface area contributed by atoms with Gasteiger partial charge in [0.05, 0.1) is 0 Å². The molecule has 1 aromatic carbocycles. The quantitative estimate of drug-likeness (QED) is 0.615. The second-order valence-corrected chi connectivity index (χ2v) is 7.98. The maximum Gasteiger partial charge on any atom is 0.158 e. The second kappa shape index (κ2) is 4.81. The fourth-order valence-electron chi connectivity index (χ4n) is 4.99. The maximum absolute atomic E-state index is 13.7. The van der Waals surface area contributed by atoms with Crippen LogP contribution >= 0.6 is 0 Å². The largest absolute Gasteiger partial charge is 0.350 e. The Morgan fingerprint density at radius 1 is 1.28 bits per heavy atom. The average molecular weight is 333 g/mol. The fourth-order valence-corrected chi connectivity index (χ4v) is 4.99. The molecule has 0 radical (unpaired) electrons. The lowest BCUT2D eigenvalue weighted by Crippen LogP contribution is -2.49. The Morgan fingerprint density at radius 3 is 2.64 bits per heavy atom. The SMILES string of the molecule is C=CC1=C(C)[C@]2(C=O)C(=O)[C@H](C1)C(C)(C)c1cn(C)c3cccc2c13. The summed E-state index contributed by atoms with van der Waals surface area (Å²) in [6, 6.07) is 5.96. The molecule has 3 nitrogen and oxygen atoms in total. The van der Waals surface area contributed by atoms with Crippen molar-refractivity contribution in [2.75, 3.05) is 0 Å². The van der Waals surface area contributed by atoms with Crippen LogP contribution in [-0.4, -0.2) is 16.6 Å². The zero-order valence-corrected chi connectivity index (χ0v) is 15.2. The number of fused-ring (bicyclic) bond motifs is 3. The molecule has 1 aromatic heterocycles. The number of aldehydes is 1. The van der Waals surface area contributed by atoms with Crippen LogP contribution in [0.4, 0.5) is 0 Å². The molecule has 0 N–H and O–H groups in total. The van der Waals surface area contributed by atoms with Gasteiger partial charge >= 0.3 is 0 Å². The topological polar surface area (TPSA) is 39.1 Å². The molecule has 2 aliphatic carbocycles. The normalized spacial score (nSPS) is 27.4. The predicted octanol–water partition coefficient (Wildman–Crippen LogP) is 4.00. The molecule has 128 valence electrons. The number of hydrogen-bond acceptors (Lipinski definition) is 2. The summed E-state index contributed by atoms with van der Waals surface area (Å²) in [5, 5.41) is 1.06. The van der Waals surface area contributed by atoms with Gasteiger partial charge in [-0.3, -0.25) is 4.79 Å². The van der Waals surface area contributed by atoms with Crippen LogP contribution in [0.15, 0.2) is 48.2 Å². The summed E-state index contributed by atoms with van der Waals surface area (Å²) < 4.78 is 2.10. The summed E-state index contributed by atoms with van der Waals surface area (Å²) in [4.78, 5) is 26.2. The average Bonchev–Trinajstić information content (AvgIpc) is 2.92. The number of carbonyl (C=O) groups is 2. The molecule has 2 bridgehead atoms. The summed E-state index contributed by atoms with van der Waals surface area (Å²) in [5.41, 5.74) is 3.35. The van der Waals surface area contributed by atoms with E-state index in [2.05, 4.69) is 37.3 Å². The number of nitrogens with zero attached hydrogens (tertiary/aromatic N) is 1. The molecule has 0 aliphatic heterocycles. The Kier molecular flexibility index (Phi) is 3.09. The minimum Gasteiger partial charge on any atom is -0.350 e. The van der Waals surface area contributed by atoms with Gasteiger partial charge in [-0.15, -0.1) is 0 Å². The number of rotatable bonds is 2. The first-order chi connectivity index (χ1) is 11.8. The van der Waals surface area contributed by atoms with Gasteiger partial charge in [-0.2, -0.15) is 0 Å². The van der Waals surface area contributed by atoms with Gasteiger partial charge in [-0.25, -0.2) is 0 Å². The first-order valence-corrected chi connectivity index (χ1v) is 8.73. The highest BCUT2D eigenvalue weighted by molar-refractivity contribution is 6.15. The third-order valence-corrected chi connectivity index (χ3v) is 6.63. The van der Waals surface area contributed by atoms with Crippen LogP contribution in [0.1, 0.15) is 38.3 Å². The molecule has 0 saturated carbocycles. The molecule has 0 saturated heterocycles. The Morgan fingerprint density at radius 2 is 2.00 bits per heavy atom. The number of hydrogen-bond donors (Lipinski definition) is 0. The van der Waals surface area contributed by atoms with Crippen molar-refractivity contribution in [3.63, 3.8) is 0 Å². The van der Waals surface area contributed by atoms with Crippen molar-refractivity contribution in [2.24, 2.45) is 13.0 Å². The van der Waals surface area contributed by atoms with Crippen molar-refractivity contribution in [1.29, 1.82) is 0 Å². The van der Waals surface area contributed by atoms with E-state index in [0.29, 0.717) is 6.42 Å². The van der Waals surface area contributed by atoms with Crippen molar-refractivity contribution in [2.45, 2.75) is 38.0 Å². The molecule has 0 spiro atoms. The summed E-state index contributed by atoms with van der Waals surface area (Å²) in [5.74, 6) is -0.214. The number of Topliss-reactive ketones (excluding diaryl/α,β-unsaturated/α-hetero) is 1. The van der Waals surface area contributed by atoms with Gasteiger partial charge in [0.1, 0.15) is 11.7 Å². The van der Waals surface area contributed by atoms with Gasteiger partial charge < -0.3 is 9.36 Å². The van der Waals surface area contributed by atoms with Gasteiger partial charge in [0, 0.05) is 35.5 Å². The van der Waals surface area contributed by atoms with E-state index in [1.165, 1.54) is 0 Å². The zero-order valence-electron chi connectivity index (χ0n) is 15.2. The van der Waals surface area contributed by atoms with E-state index in [1.54, 1.807) is 0 Å². The summed E-state index contributed by atoms with van der Waals surface area (Å²) in [6.07, 6.45) is 5.46. The monoisotopic (exact) mass is 333 g/mol. The van der Waals surface area contributed by atoms with Crippen molar-refractivity contribution >= 4 is 23.0 Å². The number of carbonyl (C=O) groups excluding carboxylic acids is 2. The van der Waals surface area contributed by atoms with Crippen LogP contribution in [0, 0.1) is 5.92 Å². The first-order valence-electron chi connectivity index (χ1n) is 8.73. The molecule has 2 aliphatic rings. The number of ketones is 1. The standard InChI is InChI=1S/C22H23NO2/c1-6-14-10-16-20(25)22(12-24,13(14)2)15-8-7-9-18-19(15)17(11-23(18)5)21(16,3)4/h6-9,11-12,16H,1,10H2,2-5H3/t16-,22-/m0/s1. The van der Waals surface area contributed by atoms with Gasteiger partial charge in [0.2, 0.25) is 0 Å². The van der Waals surface area contributed by atoms with Crippen molar-refractivity contribution in [3.05, 3.63) is 59.3 Å². The van der Waals surface area contributed by atoms with Crippen LogP contribution < -0.4 is 0 Å². The van der Waals surface area contributed by atoms with E-state index in [1.807, 2.05) is 32.2 Å². The summed E-state index contributed by atoms with van der Waals surface area (Å²) in [7, 11) is 2.02. The number of allylic oxidation sites excluding steroid dienone is 3. The van der Waals surface area contributed by atoms with E-state index in [0.717, 1.165) is 39.5 Å². The molecule has 0 amide bonds. The maximum atomic E-state index is 13.7. The van der Waals surface area contributed by atoms with E-state index >= 15 is 0 Å². The predicted molar refractivity (Wildman–Crippen MR) is 99.7 cm³/mol. The van der Waals surface area contributed by atoms with Crippen molar-refractivity contribution in [1.82, 2.24) is 4.57 Å². The zero-order chi connectivity index (χ0) is 18.1. The van der Waals surface area contributed by atoms with E-state index in [9.17, 15) is 9.59 Å². The summed E-state index contributed by atoms with van der Waals surface area (Å²) in [6.45, 7) is 10.1. The molecule has 3 heteroatoms. The Hall–Kier alpha value is -2.42. The van der Waals surface area contributed by atoms with Crippen molar-refractivity contribution in [3.8, 4) is 0 Å². The lowest BCUT2D eigenvalue weighted by Gasteiger charge is -2.41. The number of benzene rings is 1. The van der Waals surface area contributed by atoms with Crippen LogP contribution in [0.5, 0.6) is 0 Å². The molecule has 1 heterocycles. The molecular formula is C22H23NO2. The van der Waals surface area contributed by atoms with Gasteiger partial charge in [-0.05, 0) is 41.7 Å². The third-order valence-electron chi connectivity index (χ3n) is 6.63. The Labute approximate surface area is 148 Å². The lowest BCUT2D eigenvalue weighted by atomic mass is 9.59. The molecular weight excluding hydrogens is 310 g/mol. The van der Waals surface area contributed by atoms with Crippen molar-refractivity contribution < 1.29 is 9.59 Å². The van der Waals surface area contributed by atoms with Crippen LogP contribution in [0.25, 0.3) is 10.9 Å². The van der Waals surface area contributed by atoms with Crippen LogP contribution in [-0.2, 0) is 27.5 Å². The fraction of sp³-hybridized carbons (Fsp3) is 0.364. The Balaban J connectivity index is 2.28. The highest BCUT2D eigenvalue weighted by Gasteiger charge is 2.56. The smallest absolute Gasteiger partial charge is 0.158 e. The lowest BCUT2D eigenvalue weighted by molar-refractivity contribution is -0.133. The number of aromatic nitrogens is 1. The van der Waals surface area contributed by atoms with E-state index in [4.69, 9.17) is 0 Å². The molecule has 0 unspecified atom stereocenters. The number of aryl methyl sites for hydroxylation is 1. The summed E-state index contributed by atoms with van der Waals surface area (Å²) >= 11 is 0. The third kappa shape index (κ3) is 1.66. The first kappa shape index (κ1) is 16.1. The highest BCUT2D eigenvalue weighted by Crippen LogP contribution is 2.54. The second-order valence-electron chi connectivity index (χ2n) is 7.98. The van der Waals surface area contributed by atoms with Crippen LogP contribution in [0.2, 0.25) is 0 Å². The van der Waals surface area contributed by atoms with Crippen LogP contribution in [0.3, 0.4) is 0 Å². The highest BCUT2D eigenvalue weighted by atomic mass is 16.1. The van der Waals surface area contributed by atoms with Gasteiger partial charge in [-0.1, -0.05) is 38.6 Å². The van der Waals surface area contributed by atoms with E-state index < -0.39 is 5.41 Å². The van der Waals surface area contributed by atoms with E-state index in [-0.39, 0.29) is 17.1 Å². The Bertz CT molecular complexity index is 989. The molecule has 0 fully saturated rings. The minimum absolute atomic E-state index is 0.0296. The molecule has 25 heavy (non-hydrogen) atoms. The molecule has 2 aromatic rings. The molecule has 4 rings (SSSR count). The van der Waals surface area contributed by atoms with Gasteiger partial charge in [0.25, 0.3) is 0 Å².